The molecule has 3 heterocycles. The van der Waals surface area contributed by atoms with Crippen LogP contribution in [-0.4, -0.2) is 45.3 Å². The molecular weight excluding hydrogens is 330 g/mol. The van der Waals surface area contributed by atoms with E-state index in [2.05, 4.69) is 33.4 Å². The Hall–Kier alpha value is -2.67. The summed E-state index contributed by atoms with van der Waals surface area (Å²) in [7, 11) is 1.68. The number of aliphatic hydroxyl groups is 1. The van der Waals surface area contributed by atoms with Gasteiger partial charge in [0.1, 0.15) is 22.8 Å². The van der Waals surface area contributed by atoms with Gasteiger partial charge in [-0.15, -0.1) is 5.10 Å². The average molecular weight is 353 g/mol. The Morgan fingerprint density at radius 2 is 2.04 bits per heavy atom. The van der Waals surface area contributed by atoms with E-state index in [0.717, 1.165) is 54.9 Å². The molecule has 1 N–H and O–H groups in total. The van der Waals surface area contributed by atoms with Gasteiger partial charge in [0.05, 0.1) is 19.9 Å². The largest absolute Gasteiger partial charge is 0.494 e. The maximum absolute atomic E-state index is 9.09. The lowest BCUT2D eigenvalue weighted by Gasteiger charge is -2.32. The van der Waals surface area contributed by atoms with Crippen LogP contribution in [0.2, 0.25) is 0 Å². The van der Waals surface area contributed by atoms with E-state index in [1.807, 2.05) is 23.0 Å². The molecule has 1 fully saturated rings. The van der Waals surface area contributed by atoms with Gasteiger partial charge in [-0.05, 0) is 37.0 Å². The van der Waals surface area contributed by atoms with Crippen LogP contribution in [0.5, 0.6) is 5.75 Å². The van der Waals surface area contributed by atoms with Gasteiger partial charge in [-0.25, -0.2) is 4.98 Å². The first-order valence-electron chi connectivity index (χ1n) is 8.95. The van der Waals surface area contributed by atoms with Gasteiger partial charge in [0.15, 0.2) is 0 Å². The van der Waals surface area contributed by atoms with Crippen LogP contribution in [0.4, 0.5) is 5.82 Å². The highest BCUT2D eigenvalue weighted by molar-refractivity contribution is 5.85. The predicted octanol–water partition coefficient (Wildman–Crippen LogP) is 2.24. The second-order valence-corrected chi connectivity index (χ2v) is 6.72. The third-order valence-electron chi connectivity index (χ3n) is 5.02. The topological polar surface area (TPSA) is 76.3 Å². The molecule has 1 aliphatic heterocycles. The zero-order chi connectivity index (χ0) is 17.9. The van der Waals surface area contributed by atoms with Gasteiger partial charge < -0.3 is 14.7 Å². The fourth-order valence-electron chi connectivity index (χ4n) is 3.56. The van der Waals surface area contributed by atoms with Crippen LogP contribution in [0.25, 0.3) is 10.9 Å². The molecule has 3 aromatic rings. The van der Waals surface area contributed by atoms with Crippen molar-refractivity contribution < 1.29 is 9.84 Å². The normalized spacial score (nSPS) is 15.5. The Labute approximate surface area is 152 Å². The molecular formula is C19H23N5O2. The summed E-state index contributed by atoms with van der Waals surface area (Å²) in [5, 5.41) is 18.2. The first kappa shape index (κ1) is 16.8. The number of aliphatic hydroxyl groups excluding tert-OH is 1. The van der Waals surface area contributed by atoms with E-state index >= 15 is 0 Å². The number of aromatic nitrogens is 4. The first-order valence-corrected chi connectivity index (χ1v) is 8.95. The molecule has 2 aromatic heterocycles. The average Bonchev–Trinajstić information content (AvgIpc) is 3.15. The summed E-state index contributed by atoms with van der Waals surface area (Å²) in [6.45, 7) is 2.73. The molecule has 26 heavy (non-hydrogen) atoms. The third-order valence-corrected chi connectivity index (χ3v) is 5.02. The van der Waals surface area contributed by atoms with E-state index in [1.165, 1.54) is 0 Å². The Balaban J connectivity index is 1.43. The zero-order valence-corrected chi connectivity index (χ0v) is 14.9. The fraction of sp³-hybridized carbons (Fsp3) is 0.421. The quantitative estimate of drug-likeness (QED) is 0.758. The Kier molecular flexibility index (Phi) is 4.71. The van der Waals surface area contributed by atoms with E-state index in [4.69, 9.17) is 14.8 Å². The van der Waals surface area contributed by atoms with Gasteiger partial charge in [0.25, 0.3) is 0 Å². The predicted molar refractivity (Wildman–Crippen MR) is 99.2 cm³/mol. The summed E-state index contributed by atoms with van der Waals surface area (Å²) >= 11 is 0. The van der Waals surface area contributed by atoms with Gasteiger partial charge in [0, 0.05) is 25.0 Å². The lowest BCUT2D eigenvalue weighted by atomic mass is 9.97. The van der Waals surface area contributed by atoms with Crippen LogP contribution < -0.4 is 9.64 Å². The van der Waals surface area contributed by atoms with Crippen LogP contribution in [0.15, 0.2) is 36.5 Å². The van der Waals surface area contributed by atoms with E-state index < -0.39 is 0 Å². The Morgan fingerprint density at radius 1 is 1.19 bits per heavy atom. The number of methoxy groups -OCH3 is 1. The smallest absolute Gasteiger partial charge is 0.145 e. The molecule has 1 aliphatic rings. The zero-order valence-electron chi connectivity index (χ0n) is 14.9. The maximum Gasteiger partial charge on any atom is 0.145 e. The first-order chi connectivity index (χ1) is 12.8. The number of piperidine rings is 1. The van der Waals surface area contributed by atoms with E-state index in [-0.39, 0.29) is 6.61 Å². The number of ether oxygens (including phenoxy) is 1. The summed E-state index contributed by atoms with van der Waals surface area (Å²) in [4.78, 5) is 7.17. The molecule has 4 rings (SSSR count). The minimum atomic E-state index is -0.0600. The number of para-hydroxylation sites is 1. The summed E-state index contributed by atoms with van der Waals surface area (Å²) in [5.74, 6) is 2.38. The number of hydrogen-bond acceptors (Lipinski definition) is 6. The summed E-state index contributed by atoms with van der Waals surface area (Å²) in [6, 6.07) is 10.2. The third kappa shape index (κ3) is 3.35. The molecule has 0 saturated carbocycles. The van der Waals surface area contributed by atoms with Crippen molar-refractivity contribution in [2.24, 2.45) is 5.92 Å². The minimum Gasteiger partial charge on any atom is -0.494 e. The lowest BCUT2D eigenvalue weighted by Crippen LogP contribution is -2.35. The molecule has 7 heteroatoms. The van der Waals surface area contributed by atoms with Crippen molar-refractivity contribution in [3.63, 3.8) is 0 Å². The second kappa shape index (κ2) is 7.29. The minimum absolute atomic E-state index is 0.0600. The van der Waals surface area contributed by atoms with Gasteiger partial charge >= 0.3 is 0 Å². The highest BCUT2D eigenvalue weighted by atomic mass is 16.5. The van der Waals surface area contributed by atoms with Crippen molar-refractivity contribution in [3.05, 3.63) is 42.2 Å². The Morgan fingerprint density at radius 3 is 2.77 bits per heavy atom. The lowest BCUT2D eigenvalue weighted by molar-refractivity contribution is 0.276. The van der Waals surface area contributed by atoms with Crippen LogP contribution >= 0.6 is 0 Å². The SMILES string of the molecule is COc1cccc2ccc(N3CCC(Cn4cc(CO)nn4)CC3)nc12. The summed E-state index contributed by atoms with van der Waals surface area (Å²) < 4.78 is 7.29. The number of rotatable bonds is 5. The molecule has 0 radical (unpaired) electrons. The number of benzene rings is 1. The number of pyridine rings is 1. The number of nitrogens with zero attached hydrogens (tertiary/aromatic N) is 5. The van der Waals surface area contributed by atoms with E-state index in [0.29, 0.717) is 11.6 Å². The van der Waals surface area contributed by atoms with Gasteiger partial charge in [0.2, 0.25) is 0 Å². The van der Waals surface area contributed by atoms with Gasteiger partial charge in [-0.3, -0.25) is 4.68 Å². The molecule has 1 saturated heterocycles. The van der Waals surface area contributed by atoms with Gasteiger partial charge in [-0.1, -0.05) is 17.3 Å². The number of hydrogen-bond donors (Lipinski definition) is 1. The van der Waals surface area contributed by atoms with Crippen molar-refractivity contribution >= 4 is 16.7 Å². The molecule has 136 valence electrons. The highest BCUT2D eigenvalue weighted by Gasteiger charge is 2.21. The van der Waals surface area contributed by atoms with Crippen LogP contribution in [0.3, 0.4) is 0 Å². The fourth-order valence-corrected chi connectivity index (χ4v) is 3.56. The van der Waals surface area contributed by atoms with Gasteiger partial charge in [-0.2, -0.15) is 0 Å². The molecule has 0 amide bonds. The standard InChI is InChI=1S/C19H23N5O2/c1-26-17-4-2-3-15-5-6-18(20-19(15)17)23-9-7-14(8-10-23)11-24-12-16(13-25)21-22-24/h2-6,12,14,25H,7-11,13H2,1H3. The summed E-state index contributed by atoms with van der Waals surface area (Å²) in [6.07, 6.45) is 3.99. The Bertz CT molecular complexity index is 887. The number of fused-ring (bicyclic) bond motifs is 1. The highest BCUT2D eigenvalue weighted by Crippen LogP contribution is 2.28. The second-order valence-electron chi connectivity index (χ2n) is 6.72. The van der Waals surface area contributed by atoms with Crippen molar-refractivity contribution in [1.29, 1.82) is 0 Å². The maximum atomic E-state index is 9.09. The van der Waals surface area contributed by atoms with Crippen molar-refractivity contribution in [3.8, 4) is 5.75 Å². The van der Waals surface area contributed by atoms with E-state index in [1.54, 1.807) is 7.11 Å². The van der Waals surface area contributed by atoms with E-state index in [9.17, 15) is 0 Å². The monoisotopic (exact) mass is 353 g/mol. The number of anilines is 1. The molecule has 0 spiro atoms. The molecule has 0 unspecified atom stereocenters. The summed E-state index contributed by atoms with van der Waals surface area (Å²) in [5.41, 5.74) is 1.53. The van der Waals surface area contributed by atoms with Crippen LogP contribution in [0.1, 0.15) is 18.5 Å². The molecule has 0 bridgehead atoms. The molecule has 0 atom stereocenters. The molecule has 1 aromatic carbocycles. The van der Waals surface area contributed by atoms with Crippen molar-refractivity contribution in [1.82, 2.24) is 20.0 Å². The van der Waals surface area contributed by atoms with Crippen LogP contribution in [0, 0.1) is 5.92 Å². The molecule has 7 nitrogen and oxygen atoms in total. The van der Waals surface area contributed by atoms with Crippen molar-refractivity contribution in [2.75, 3.05) is 25.1 Å². The molecule has 0 aliphatic carbocycles. The van der Waals surface area contributed by atoms with Crippen LogP contribution in [-0.2, 0) is 13.2 Å². The van der Waals surface area contributed by atoms with Crippen molar-refractivity contribution in [2.45, 2.75) is 26.0 Å².